The summed E-state index contributed by atoms with van der Waals surface area (Å²) in [6, 6.07) is 5.11. The summed E-state index contributed by atoms with van der Waals surface area (Å²) in [5.74, 6) is -0.602. The fourth-order valence-electron chi connectivity index (χ4n) is 0.881. The lowest BCUT2D eigenvalue weighted by Gasteiger charge is -2.08. The maximum Gasteiger partial charge on any atom is 0.422 e. The second-order valence-electron chi connectivity index (χ2n) is 2.79. The van der Waals surface area contributed by atoms with E-state index in [4.69, 9.17) is 5.73 Å². The molecule has 1 aromatic carbocycles. The smallest absolute Gasteiger partial charge is 0.422 e. The molecule has 0 unspecified atom stereocenters. The Morgan fingerprint density at radius 2 is 1.80 bits per heavy atom. The molecular weight excluding hydrogens is 211 g/mol. The van der Waals surface area contributed by atoms with Crippen molar-refractivity contribution in [3.8, 4) is 5.75 Å². The first-order valence-electron chi connectivity index (χ1n) is 3.98. The van der Waals surface area contributed by atoms with Gasteiger partial charge in [-0.1, -0.05) is 0 Å². The number of carbonyl (C=O) groups is 1. The number of nitrogens with two attached hydrogens (primary N) is 1. The number of amides is 1. The molecule has 1 amide bonds. The van der Waals surface area contributed by atoms with Gasteiger partial charge < -0.3 is 10.5 Å². The number of ether oxygens (including phenoxy) is 1. The van der Waals surface area contributed by atoms with E-state index >= 15 is 0 Å². The van der Waals surface area contributed by atoms with E-state index in [0.717, 1.165) is 0 Å². The summed E-state index contributed by atoms with van der Waals surface area (Å²) in [7, 11) is 0. The molecule has 0 saturated carbocycles. The first kappa shape index (κ1) is 11.4. The third kappa shape index (κ3) is 3.88. The topological polar surface area (TPSA) is 52.3 Å². The van der Waals surface area contributed by atoms with E-state index in [0.29, 0.717) is 0 Å². The van der Waals surface area contributed by atoms with Crippen LogP contribution >= 0.6 is 0 Å². The Morgan fingerprint density at radius 1 is 1.27 bits per heavy atom. The maximum atomic E-state index is 11.7. The van der Waals surface area contributed by atoms with Crippen molar-refractivity contribution in [2.45, 2.75) is 6.18 Å². The Morgan fingerprint density at radius 3 is 2.20 bits per heavy atom. The highest BCUT2D eigenvalue weighted by molar-refractivity contribution is 5.92. The third-order valence-corrected chi connectivity index (χ3v) is 1.54. The highest BCUT2D eigenvalue weighted by Crippen LogP contribution is 2.18. The second-order valence-corrected chi connectivity index (χ2v) is 2.79. The molecule has 0 aliphatic carbocycles. The van der Waals surface area contributed by atoms with Gasteiger partial charge in [0.2, 0.25) is 5.91 Å². The summed E-state index contributed by atoms with van der Waals surface area (Å²) in [6.45, 7) is -1.36. The minimum atomic E-state index is -4.37. The summed E-state index contributed by atoms with van der Waals surface area (Å²) < 4.78 is 39.7. The van der Waals surface area contributed by atoms with Crippen LogP contribution in [0.25, 0.3) is 0 Å². The zero-order chi connectivity index (χ0) is 11.5. The predicted molar refractivity (Wildman–Crippen MR) is 46.5 cm³/mol. The second kappa shape index (κ2) is 4.20. The van der Waals surface area contributed by atoms with Crippen LogP contribution in [0.5, 0.6) is 5.75 Å². The predicted octanol–water partition coefficient (Wildman–Crippen LogP) is 1.73. The van der Waals surface area contributed by atoms with Gasteiger partial charge in [0.25, 0.3) is 0 Å². The highest BCUT2D eigenvalue weighted by atomic mass is 19.4. The van der Waals surface area contributed by atoms with Gasteiger partial charge >= 0.3 is 6.18 Å². The molecule has 0 bridgehead atoms. The van der Waals surface area contributed by atoms with E-state index in [9.17, 15) is 18.0 Å². The first-order chi connectivity index (χ1) is 6.88. The number of benzene rings is 1. The number of halogens is 3. The van der Waals surface area contributed by atoms with E-state index in [1.807, 2.05) is 0 Å². The minimum Gasteiger partial charge on any atom is -0.484 e. The van der Waals surface area contributed by atoms with Crippen LogP contribution in [-0.2, 0) is 0 Å². The first-order valence-corrected chi connectivity index (χ1v) is 3.98. The summed E-state index contributed by atoms with van der Waals surface area (Å²) >= 11 is 0. The van der Waals surface area contributed by atoms with Crippen LogP contribution in [0.2, 0.25) is 0 Å². The van der Waals surface area contributed by atoms with Crippen molar-refractivity contribution in [3.05, 3.63) is 29.8 Å². The fraction of sp³-hybridized carbons (Fsp3) is 0.222. The van der Waals surface area contributed by atoms with Crippen LogP contribution in [-0.4, -0.2) is 18.7 Å². The Hall–Kier alpha value is -1.72. The maximum absolute atomic E-state index is 11.7. The summed E-state index contributed by atoms with van der Waals surface area (Å²) in [5, 5.41) is 0. The van der Waals surface area contributed by atoms with Crippen LogP contribution in [0.4, 0.5) is 13.2 Å². The van der Waals surface area contributed by atoms with Crippen LogP contribution in [0.3, 0.4) is 0 Å². The van der Waals surface area contributed by atoms with Crippen molar-refractivity contribution in [1.29, 1.82) is 0 Å². The molecule has 15 heavy (non-hydrogen) atoms. The van der Waals surface area contributed by atoms with E-state index in [1.165, 1.54) is 24.3 Å². The molecule has 2 N–H and O–H groups in total. The molecule has 82 valence electrons. The largest absolute Gasteiger partial charge is 0.484 e. The summed E-state index contributed by atoms with van der Waals surface area (Å²) in [5.41, 5.74) is 5.16. The fourth-order valence-corrected chi connectivity index (χ4v) is 0.881. The number of rotatable bonds is 3. The highest BCUT2D eigenvalue weighted by Gasteiger charge is 2.28. The Kier molecular flexibility index (Phi) is 3.18. The van der Waals surface area contributed by atoms with Crippen molar-refractivity contribution in [3.63, 3.8) is 0 Å². The zero-order valence-electron chi connectivity index (χ0n) is 7.54. The molecule has 0 atom stereocenters. The molecule has 0 radical (unpaired) electrons. The summed E-state index contributed by atoms with van der Waals surface area (Å²) in [6.07, 6.45) is -4.37. The average molecular weight is 219 g/mol. The van der Waals surface area contributed by atoms with Crippen molar-refractivity contribution in [2.24, 2.45) is 5.73 Å². The lowest BCUT2D eigenvalue weighted by atomic mass is 10.2. The number of primary amides is 1. The molecule has 0 aromatic heterocycles. The Balaban J connectivity index is 2.61. The van der Waals surface area contributed by atoms with Gasteiger partial charge in [0, 0.05) is 5.56 Å². The lowest BCUT2D eigenvalue weighted by molar-refractivity contribution is -0.153. The molecule has 0 heterocycles. The Labute approximate surface area is 83.6 Å². The van der Waals surface area contributed by atoms with Crippen molar-refractivity contribution >= 4 is 5.91 Å². The average Bonchev–Trinajstić information content (AvgIpc) is 2.14. The molecule has 1 aromatic rings. The zero-order valence-corrected chi connectivity index (χ0v) is 7.54. The number of carbonyl (C=O) groups excluding carboxylic acids is 1. The molecule has 0 saturated heterocycles. The van der Waals surface area contributed by atoms with Crippen LogP contribution in [0, 0.1) is 0 Å². The Bertz CT molecular complexity index is 345. The molecule has 0 aliphatic heterocycles. The van der Waals surface area contributed by atoms with Crippen molar-refractivity contribution in [2.75, 3.05) is 6.61 Å². The van der Waals surface area contributed by atoms with Crippen LogP contribution < -0.4 is 10.5 Å². The summed E-state index contributed by atoms with van der Waals surface area (Å²) in [4.78, 5) is 10.6. The van der Waals surface area contributed by atoms with Gasteiger partial charge in [-0.05, 0) is 24.3 Å². The molecule has 3 nitrogen and oxygen atoms in total. The lowest BCUT2D eigenvalue weighted by Crippen LogP contribution is -2.19. The quantitative estimate of drug-likeness (QED) is 0.841. The molecule has 0 fully saturated rings. The molecule has 1 rings (SSSR count). The number of hydrogen-bond acceptors (Lipinski definition) is 2. The van der Waals surface area contributed by atoms with Gasteiger partial charge in [0.15, 0.2) is 6.61 Å². The molecular formula is C9H8F3NO2. The normalized spacial score (nSPS) is 11.1. The van der Waals surface area contributed by atoms with Crippen molar-refractivity contribution < 1.29 is 22.7 Å². The molecule has 0 spiro atoms. The molecule has 0 aliphatic rings. The number of alkyl halides is 3. The standard InChI is InChI=1S/C9H8F3NO2/c10-9(11,12)5-15-7-3-1-6(2-4-7)8(13)14/h1-4H,5H2,(H2,13,14). The SMILES string of the molecule is NC(=O)c1ccc(OCC(F)(F)F)cc1. The van der Waals surface area contributed by atoms with E-state index in [-0.39, 0.29) is 11.3 Å². The number of hydrogen-bond donors (Lipinski definition) is 1. The van der Waals surface area contributed by atoms with Crippen molar-refractivity contribution in [1.82, 2.24) is 0 Å². The van der Waals surface area contributed by atoms with Gasteiger partial charge in [-0.25, -0.2) is 0 Å². The third-order valence-electron chi connectivity index (χ3n) is 1.54. The van der Waals surface area contributed by atoms with E-state index < -0.39 is 18.7 Å². The van der Waals surface area contributed by atoms with Crippen LogP contribution in [0.1, 0.15) is 10.4 Å². The van der Waals surface area contributed by atoms with Gasteiger partial charge in [0.05, 0.1) is 0 Å². The van der Waals surface area contributed by atoms with Crippen LogP contribution in [0.15, 0.2) is 24.3 Å². The minimum absolute atomic E-state index is 0.0392. The van der Waals surface area contributed by atoms with Gasteiger partial charge in [0.1, 0.15) is 5.75 Å². The monoisotopic (exact) mass is 219 g/mol. The molecule has 6 heteroatoms. The van der Waals surface area contributed by atoms with E-state index in [1.54, 1.807) is 0 Å². The van der Waals surface area contributed by atoms with Gasteiger partial charge in [-0.3, -0.25) is 4.79 Å². The van der Waals surface area contributed by atoms with Gasteiger partial charge in [-0.2, -0.15) is 13.2 Å². The van der Waals surface area contributed by atoms with E-state index in [2.05, 4.69) is 4.74 Å². The van der Waals surface area contributed by atoms with Gasteiger partial charge in [-0.15, -0.1) is 0 Å².